The van der Waals surface area contributed by atoms with E-state index in [2.05, 4.69) is 21.7 Å². The third kappa shape index (κ3) is 1.84. The lowest BCUT2D eigenvalue weighted by Crippen LogP contribution is -2.24. The summed E-state index contributed by atoms with van der Waals surface area (Å²) in [5.74, 6) is 0.388. The van der Waals surface area contributed by atoms with E-state index in [0.717, 1.165) is 18.7 Å². The van der Waals surface area contributed by atoms with Crippen LogP contribution in [0.4, 0.5) is 0 Å². The molecule has 1 radical (unpaired) electrons. The first kappa shape index (κ1) is 8.59. The van der Waals surface area contributed by atoms with Crippen molar-refractivity contribution >= 4 is 0 Å². The molecule has 0 saturated carbocycles. The molecule has 13 heavy (non-hydrogen) atoms. The molecule has 69 valence electrons. The average Bonchev–Trinajstić information content (AvgIpc) is 2.67. The van der Waals surface area contributed by atoms with Crippen molar-refractivity contribution in [3.63, 3.8) is 0 Å². The molecule has 0 spiro atoms. The van der Waals surface area contributed by atoms with Crippen molar-refractivity contribution in [3.8, 4) is 0 Å². The van der Waals surface area contributed by atoms with Crippen LogP contribution in [0.2, 0.25) is 0 Å². The molecule has 2 rings (SSSR count). The second kappa shape index (κ2) is 3.81. The summed E-state index contributed by atoms with van der Waals surface area (Å²) in [6, 6.07) is 3.92. The Kier molecular flexibility index (Phi) is 2.52. The Bertz CT molecular complexity index is 265. The number of aromatic nitrogens is 2. The molecule has 1 aromatic rings. The zero-order valence-corrected chi connectivity index (χ0v) is 7.27. The monoisotopic (exact) mass is 178 g/mol. The van der Waals surface area contributed by atoms with E-state index in [0.29, 0.717) is 5.92 Å². The Morgan fingerprint density at radius 3 is 3.23 bits per heavy atom. The molecular formula is C9H12N3O. The van der Waals surface area contributed by atoms with Gasteiger partial charge in [-0.3, -0.25) is 0 Å². The van der Waals surface area contributed by atoms with Gasteiger partial charge in [0.2, 0.25) is 0 Å². The van der Waals surface area contributed by atoms with Crippen LogP contribution >= 0.6 is 0 Å². The SMILES string of the molecule is OCC1CC(c2cc[c]nn2)CN1. The molecular weight excluding hydrogens is 166 g/mol. The zero-order chi connectivity index (χ0) is 9.10. The number of aliphatic hydroxyl groups is 1. The topological polar surface area (TPSA) is 58.0 Å². The summed E-state index contributed by atoms with van der Waals surface area (Å²) in [7, 11) is 0. The lowest BCUT2D eigenvalue weighted by atomic mass is 10.0. The average molecular weight is 178 g/mol. The third-order valence-electron chi connectivity index (χ3n) is 2.41. The molecule has 4 heteroatoms. The number of nitrogens with one attached hydrogen (secondary N) is 1. The van der Waals surface area contributed by atoms with E-state index in [1.54, 1.807) is 6.07 Å². The number of hydrogen-bond donors (Lipinski definition) is 2. The van der Waals surface area contributed by atoms with Gasteiger partial charge in [-0.25, -0.2) is 0 Å². The standard InChI is InChI=1S/C9H12N3O/c13-6-8-4-7(5-10-8)9-2-1-3-11-12-9/h1-2,7-8,10,13H,4-6H2. The maximum atomic E-state index is 8.93. The quantitative estimate of drug-likeness (QED) is 0.653. The van der Waals surface area contributed by atoms with Crippen molar-refractivity contribution in [2.45, 2.75) is 18.4 Å². The molecule has 1 saturated heterocycles. The second-order valence-corrected chi connectivity index (χ2v) is 3.31. The van der Waals surface area contributed by atoms with Crippen molar-refractivity contribution < 1.29 is 5.11 Å². The van der Waals surface area contributed by atoms with Gasteiger partial charge >= 0.3 is 0 Å². The molecule has 0 amide bonds. The summed E-state index contributed by atoms with van der Waals surface area (Å²) in [5, 5.41) is 19.9. The van der Waals surface area contributed by atoms with Crippen molar-refractivity contribution in [3.05, 3.63) is 24.0 Å². The van der Waals surface area contributed by atoms with Crippen LogP contribution in [0.15, 0.2) is 12.1 Å². The first-order chi connectivity index (χ1) is 6.40. The molecule has 1 fully saturated rings. The Labute approximate surface area is 77.0 Å². The van der Waals surface area contributed by atoms with Crippen molar-refractivity contribution in [2.75, 3.05) is 13.2 Å². The van der Waals surface area contributed by atoms with E-state index >= 15 is 0 Å². The lowest BCUT2D eigenvalue weighted by Gasteiger charge is -2.05. The van der Waals surface area contributed by atoms with Crippen LogP contribution in [0.1, 0.15) is 18.0 Å². The van der Waals surface area contributed by atoms with Gasteiger partial charge in [0.1, 0.15) is 6.20 Å². The number of nitrogens with zero attached hydrogens (tertiary/aromatic N) is 2. The highest BCUT2D eigenvalue weighted by atomic mass is 16.3. The van der Waals surface area contributed by atoms with E-state index in [1.807, 2.05) is 6.07 Å². The molecule has 4 nitrogen and oxygen atoms in total. The molecule has 2 unspecified atom stereocenters. The van der Waals surface area contributed by atoms with Crippen LogP contribution in [0.3, 0.4) is 0 Å². The lowest BCUT2D eigenvalue weighted by molar-refractivity contribution is 0.254. The molecule has 2 atom stereocenters. The van der Waals surface area contributed by atoms with E-state index < -0.39 is 0 Å². The minimum atomic E-state index is 0.197. The molecule has 0 aromatic carbocycles. The van der Waals surface area contributed by atoms with Crippen LogP contribution in [0.5, 0.6) is 0 Å². The van der Waals surface area contributed by atoms with Gasteiger partial charge in [0, 0.05) is 18.5 Å². The van der Waals surface area contributed by atoms with Gasteiger partial charge in [0.05, 0.1) is 12.3 Å². The fraction of sp³-hybridized carbons (Fsp3) is 0.556. The Morgan fingerprint density at radius 1 is 1.69 bits per heavy atom. The van der Waals surface area contributed by atoms with Crippen LogP contribution in [-0.2, 0) is 0 Å². The second-order valence-electron chi connectivity index (χ2n) is 3.31. The Balaban J connectivity index is 2.04. The van der Waals surface area contributed by atoms with Crippen molar-refractivity contribution in [1.29, 1.82) is 0 Å². The molecule has 1 aliphatic heterocycles. The van der Waals surface area contributed by atoms with Gasteiger partial charge in [0.15, 0.2) is 0 Å². The highest BCUT2D eigenvalue weighted by Crippen LogP contribution is 2.22. The summed E-state index contributed by atoms with van der Waals surface area (Å²) in [4.78, 5) is 0. The van der Waals surface area contributed by atoms with Crippen LogP contribution < -0.4 is 5.32 Å². The van der Waals surface area contributed by atoms with Gasteiger partial charge in [0.25, 0.3) is 0 Å². The van der Waals surface area contributed by atoms with E-state index in [-0.39, 0.29) is 12.6 Å². The van der Waals surface area contributed by atoms with Crippen LogP contribution in [-0.4, -0.2) is 34.5 Å². The maximum absolute atomic E-state index is 8.93. The third-order valence-corrected chi connectivity index (χ3v) is 2.41. The van der Waals surface area contributed by atoms with Crippen molar-refractivity contribution in [1.82, 2.24) is 15.5 Å². The zero-order valence-electron chi connectivity index (χ0n) is 7.27. The fourth-order valence-corrected chi connectivity index (χ4v) is 1.68. The summed E-state index contributed by atoms with van der Waals surface area (Å²) in [6.45, 7) is 1.08. The van der Waals surface area contributed by atoms with E-state index in [4.69, 9.17) is 5.11 Å². The Morgan fingerprint density at radius 2 is 2.62 bits per heavy atom. The summed E-state index contributed by atoms with van der Waals surface area (Å²) < 4.78 is 0. The van der Waals surface area contributed by atoms with Crippen molar-refractivity contribution in [2.24, 2.45) is 0 Å². The molecule has 2 N–H and O–H groups in total. The molecule has 1 aliphatic rings. The minimum absolute atomic E-state index is 0.197. The smallest absolute Gasteiger partial charge is 0.113 e. The van der Waals surface area contributed by atoms with Gasteiger partial charge in [-0.15, -0.1) is 5.10 Å². The van der Waals surface area contributed by atoms with E-state index in [9.17, 15) is 0 Å². The minimum Gasteiger partial charge on any atom is -0.395 e. The van der Waals surface area contributed by atoms with Gasteiger partial charge in [-0.05, 0) is 18.6 Å². The first-order valence-corrected chi connectivity index (χ1v) is 4.44. The van der Waals surface area contributed by atoms with Crippen LogP contribution in [0, 0.1) is 6.20 Å². The highest BCUT2D eigenvalue weighted by molar-refractivity contribution is 5.09. The van der Waals surface area contributed by atoms with Crippen LogP contribution in [0.25, 0.3) is 0 Å². The normalized spacial score (nSPS) is 27.8. The molecule has 0 bridgehead atoms. The predicted octanol–water partition coefficient (Wildman–Crippen LogP) is -0.285. The fourth-order valence-electron chi connectivity index (χ4n) is 1.68. The molecule has 1 aromatic heterocycles. The molecule has 0 aliphatic carbocycles. The summed E-state index contributed by atoms with van der Waals surface area (Å²) >= 11 is 0. The van der Waals surface area contributed by atoms with Gasteiger partial charge < -0.3 is 10.4 Å². The number of aliphatic hydroxyl groups excluding tert-OH is 1. The maximum Gasteiger partial charge on any atom is 0.113 e. The number of rotatable bonds is 2. The largest absolute Gasteiger partial charge is 0.395 e. The summed E-state index contributed by atoms with van der Waals surface area (Å²) in [5.41, 5.74) is 0.988. The highest BCUT2D eigenvalue weighted by Gasteiger charge is 2.25. The Hall–Kier alpha value is -1.00. The molecule has 2 heterocycles. The van der Waals surface area contributed by atoms with Gasteiger partial charge in [-0.2, -0.15) is 5.10 Å². The first-order valence-electron chi connectivity index (χ1n) is 4.44. The summed E-state index contributed by atoms with van der Waals surface area (Å²) in [6.07, 6.45) is 3.59. The number of hydrogen-bond acceptors (Lipinski definition) is 4. The van der Waals surface area contributed by atoms with E-state index in [1.165, 1.54) is 0 Å². The van der Waals surface area contributed by atoms with Gasteiger partial charge in [-0.1, -0.05) is 0 Å². The predicted molar refractivity (Wildman–Crippen MR) is 47.1 cm³/mol.